The summed E-state index contributed by atoms with van der Waals surface area (Å²) in [5.74, 6) is -3.98. The van der Waals surface area contributed by atoms with Crippen LogP contribution in [0.3, 0.4) is 0 Å². The van der Waals surface area contributed by atoms with Crippen LogP contribution in [0.15, 0.2) is 18.2 Å². The number of ether oxygens (including phenoxy) is 1. The number of imide groups is 1. The Bertz CT molecular complexity index is 1620. The first kappa shape index (κ1) is 39.2. The Kier molecular flexibility index (Phi) is 14.4. The van der Waals surface area contributed by atoms with Crippen molar-refractivity contribution in [2.45, 2.75) is 66.8 Å². The number of amides is 4. The lowest BCUT2D eigenvalue weighted by Crippen LogP contribution is -2.50. The number of halogens is 1. The van der Waals surface area contributed by atoms with E-state index < -0.39 is 41.5 Å². The lowest BCUT2D eigenvalue weighted by molar-refractivity contribution is -0.148. The minimum Gasteiger partial charge on any atom is -0.465 e. The van der Waals surface area contributed by atoms with E-state index in [1.165, 1.54) is 12.1 Å². The molecule has 12 nitrogen and oxygen atoms in total. The number of hydrogen-bond donors (Lipinski definition) is 3. The maximum Gasteiger partial charge on any atom is 0.308 e. The van der Waals surface area contributed by atoms with E-state index in [1.807, 2.05) is 13.8 Å². The van der Waals surface area contributed by atoms with E-state index in [9.17, 15) is 33.2 Å². The molecule has 4 amide bonds. The first-order chi connectivity index (χ1) is 23.2. The Morgan fingerprint density at radius 2 is 1.80 bits per heavy atom. The van der Waals surface area contributed by atoms with E-state index in [2.05, 4.69) is 20.5 Å². The van der Waals surface area contributed by atoms with Crippen LogP contribution in [0.25, 0.3) is 11.6 Å². The number of nitrogens with zero attached hydrogens (tertiary/aromatic N) is 2. The van der Waals surface area contributed by atoms with Crippen LogP contribution < -0.4 is 15.5 Å². The number of aromatic amines is 1. The molecular formula is C35H47FN5O7P. The number of esters is 1. The molecule has 3 rings (SSSR count). The van der Waals surface area contributed by atoms with Crippen LogP contribution in [0.1, 0.15) is 79.8 Å². The monoisotopic (exact) mass is 699 g/mol. The summed E-state index contributed by atoms with van der Waals surface area (Å²) in [6.07, 6.45) is 1.17. The Hall–Kier alpha value is -4.22. The van der Waals surface area contributed by atoms with Gasteiger partial charge in [0.05, 0.1) is 29.3 Å². The number of aromatic nitrogens is 1. The number of anilines is 1. The summed E-state index contributed by atoms with van der Waals surface area (Å²) in [5, 5.41) is 5.54. The second-order valence-electron chi connectivity index (χ2n) is 12.0. The van der Waals surface area contributed by atoms with E-state index in [1.54, 1.807) is 34.4 Å². The summed E-state index contributed by atoms with van der Waals surface area (Å²) < 4.78 is 19.8. The predicted octanol–water partition coefficient (Wildman–Crippen LogP) is 3.95. The number of likely N-dealkylation sites (N-methyl/N-ethyl adjacent to an activating group) is 1. The largest absolute Gasteiger partial charge is 0.465 e. The normalized spacial score (nSPS) is 14.2. The molecule has 266 valence electrons. The predicted molar refractivity (Wildman–Crippen MR) is 188 cm³/mol. The fourth-order valence-electron chi connectivity index (χ4n) is 5.46. The molecule has 49 heavy (non-hydrogen) atoms. The number of hydrogen-bond acceptors (Lipinski definition) is 8. The second kappa shape index (κ2) is 18.0. The number of carbonyl (C=O) groups excluding carboxylic acids is 6. The van der Waals surface area contributed by atoms with E-state index in [0.29, 0.717) is 35.6 Å². The number of carbonyl (C=O) groups is 6. The minimum absolute atomic E-state index is 0.00605. The summed E-state index contributed by atoms with van der Waals surface area (Å²) in [7, 11) is 0.0182. The van der Waals surface area contributed by atoms with E-state index in [-0.39, 0.29) is 62.7 Å². The number of rotatable bonds is 17. The highest BCUT2D eigenvalue weighted by atomic mass is 31.1. The van der Waals surface area contributed by atoms with Gasteiger partial charge in [-0.05, 0) is 63.4 Å². The standard InChI is InChI=1S/C35H47FN5O7P/c1-8-40(9-2)16-15-37-32(44)31-21(5)27(38-22(31)6)19-25-24-18-23(36)10-11-28(24)41(33(25)45)34(46)26(14-17-48-35(47)20(3)4)39-29(42)12-13-30(43)49-7/h10-11,18-20,26,38,49H,8-9,12-17H2,1-7H3,(H,37,44)(H,39,42)/b25-19-/t26-/m0/s1. The molecule has 0 bridgehead atoms. The van der Waals surface area contributed by atoms with Gasteiger partial charge in [-0.25, -0.2) is 9.29 Å². The lowest BCUT2D eigenvalue weighted by atomic mass is 10.0. The Balaban J connectivity index is 1.94. The van der Waals surface area contributed by atoms with Gasteiger partial charge in [0.15, 0.2) is 5.52 Å². The van der Waals surface area contributed by atoms with Gasteiger partial charge in [-0.1, -0.05) is 36.3 Å². The van der Waals surface area contributed by atoms with Crippen LogP contribution in [0.4, 0.5) is 10.1 Å². The number of H-pyrrole nitrogens is 1. The van der Waals surface area contributed by atoms with Gasteiger partial charge in [0, 0.05) is 49.3 Å². The van der Waals surface area contributed by atoms with E-state index in [4.69, 9.17) is 4.74 Å². The Morgan fingerprint density at radius 1 is 1.10 bits per heavy atom. The molecule has 0 fully saturated rings. The van der Waals surface area contributed by atoms with Gasteiger partial charge >= 0.3 is 5.97 Å². The fraction of sp³-hybridized carbons (Fsp3) is 0.486. The van der Waals surface area contributed by atoms with Gasteiger partial charge in [0.1, 0.15) is 11.9 Å². The molecule has 0 spiro atoms. The molecule has 3 N–H and O–H groups in total. The molecule has 1 aliphatic rings. The number of benzene rings is 1. The van der Waals surface area contributed by atoms with Crippen molar-refractivity contribution in [3.05, 3.63) is 52.1 Å². The van der Waals surface area contributed by atoms with Crippen molar-refractivity contribution < 1.29 is 37.9 Å². The first-order valence-corrected chi connectivity index (χ1v) is 18.0. The smallest absolute Gasteiger partial charge is 0.308 e. The van der Waals surface area contributed by atoms with Crippen molar-refractivity contribution in [3.63, 3.8) is 0 Å². The van der Waals surface area contributed by atoms with E-state index in [0.717, 1.165) is 30.1 Å². The molecule has 1 unspecified atom stereocenters. The van der Waals surface area contributed by atoms with Gasteiger partial charge in [0.2, 0.25) is 5.91 Å². The number of fused-ring (bicyclic) bond motifs is 1. The average molecular weight is 700 g/mol. The quantitative estimate of drug-likeness (QED) is 0.127. The zero-order valence-electron chi connectivity index (χ0n) is 29.3. The van der Waals surface area contributed by atoms with Crippen molar-refractivity contribution in [2.24, 2.45) is 5.92 Å². The highest BCUT2D eigenvalue weighted by Gasteiger charge is 2.40. The van der Waals surface area contributed by atoms with Crippen LogP contribution in [0.5, 0.6) is 0 Å². The minimum atomic E-state index is -1.30. The van der Waals surface area contributed by atoms with Gasteiger partial charge in [0.25, 0.3) is 17.7 Å². The molecule has 2 heterocycles. The Morgan fingerprint density at radius 3 is 2.43 bits per heavy atom. The zero-order valence-corrected chi connectivity index (χ0v) is 30.3. The third-order valence-electron chi connectivity index (χ3n) is 8.36. The molecule has 0 radical (unpaired) electrons. The van der Waals surface area contributed by atoms with Gasteiger partial charge < -0.3 is 25.3 Å². The van der Waals surface area contributed by atoms with Gasteiger partial charge in [-0.2, -0.15) is 0 Å². The maximum atomic E-state index is 14.6. The maximum absolute atomic E-state index is 14.6. The third kappa shape index (κ3) is 9.92. The van der Waals surface area contributed by atoms with Crippen molar-refractivity contribution in [2.75, 3.05) is 44.4 Å². The molecule has 14 heteroatoms. The van der Waals surface area contributed by atoms with Crippen LogP contribution in [-0.2, 0) is 28.7 Å². The van der Waals surface area contributed by atoms with Crippen LogP contribution >= 0.6 is 8.58 Å². The summed E-state index contributed by atoms with van der Waals surface area (Å²) >= 11 is 0. The van der Waals surface area contributed by atoms with Gasteiger partial charge in [-0.15, -0.1) is 0 Å². The fourth-order valence-corrected chi connectivity index (χ4v) is 5.83. The van der Waals surface area contributed by atoms with Crippen molar-refractivity contribution >= 4 is 61.0 Å². The average Bonchev–Trinajstić information content (AvgIpc) is 3.50. The molecule has 0 saturated carbocycles. The third-order valence-corrected chi connectivity index (χ3v) is 9.16. The molecule has 1 aliphatic heterocycles. The summed E-state index contributed by atoms with van der Waals surface area (Å²) in [5.41, 5.74) is 2.17. The molecule has 1 aromatic heterocycles. The number of nitrogens with one attached hydrogen (secondary N) is 3. The van der Waals surface area contributed by atoms with Crippen LogP contribution in [0, 0.1) is 25.6 Å². The highest BCUT2D eigenvalue weighted by molar-refractivity contribution is 7.57. The summed E-state index contributed by atoms with van der Waals surface area (Å²) in [6, 6.07) is 2.28. The summed E-state index contributed by atoms with van der Waals surface area (Å²) in [4.78, 5) is 84.1. The molecule has 2 atom stereocenters. The van der Waals surface area contributed by atoms with Crippen molar-refractivity contribution in [1.29, 1.82) is 0 Å². The van der Waals surface area contributed by atoms with Crippen molar-refractivity contribution in [3.8, 4) is 0 Å². The molecule has 2 aromatic rings. The lowest BCUT2D eigenvalue weighted by Gasteiger charge is -2.23. The van der Waals surface area contributed by atoms with Crippen molar-refractivity contribution in [1.82, 2.24) is 20.5 Å². The summed E-state index contributed by atoms with van der Waals surface area (Å²) in [6.45, 7) is 15.2. The van der Waals surface area contributed by atoms with Crippen LogP contribution in [0.2, 0.25) is 0 Å². The first-order valence-electron chi connectivity index (χ1n) is 16.5. The molecular weight excluding hydrogens is 652 g/mol. The Labute approximate surface area is 288 Å². The molecule has 0 aliphatic carbocycles. The highest BCUT2D eigenvalue weighted by Crippen LogP contribution is 2.39. The number of aryl methyl sites for hydroxylation is 1. The zero-order chi connectivity index (χ0) is 36.4. The molecule has 1 aromatic carbocycles. The molecule has 0 saturated heterocycles. The van der Waals surface area contributed by atoms with E-state index >= 15 is 0 Å². The van der Waals surface area contributed by atoms with Crippen LogP contribution in [-0.4, -0.2) is 90.5 Å². The second-order valence-corrected chi connectivity index (χ2v) is 13.1. The van der Waals surface area contributed by atoms with Gasteiger partial charge in [-0.3, -0.25) is 28.8 Å². The SMILES string of the molecule is CCN(CC)CCNC(=O)c1c(C)[nH]c(/C=C2\C(=O)N(C(=O)[C@H](CCOC(=O)C(C)C)NC(=O)CCC(=O)PC)c3ccc(F)cc32)c1C. The topological polar surface area (TPSA) is 158 Å².